The van der Waals surface area contributed by atoms with Gasteiger partial charge in [-0.2, -0.15) is 0 Å². The number of nitrogens with zero attached hydrogens (tertiary/aromatic N) is 2. The molecule has 0 N–H and O–H groups in total. The van der Waals surface area contributed by atoms with Crippen molar-refractivity contribution < 1.29 is 8.42 Å². The molecule has 0 amide bonds. The fourth-order valence-electron chi connectivity index (χ4n) is 3.30. The number of anilines is 2. The fourth-order valence-corrected chi connectivity index (χ4v) is 4.95. The standard InChI is InChI=1S/C19H24N2O2S/c1-5-20-16(4)13-21(19-9-7-6-8-18(19)20)24(22,23)17-11-10-14(2)15(3)12-17/h6-12,16H,5,13H2,1-4H3. The molecule has 1 aliphatic rings. The molecule has 3 rings (SSSR count). The van der Waals surface area contributed by atoms with Gasteiger partial charge in [0.25, 0.3) is 10.0 Å². The van der Waals surface area contributed by atoms with Crippen molar-refractivity contribution in [3.63, 3.8) is 0 Å². The molecule has 1 aliphatic heterocycles. The van der Waals surface area contributed by atoms with E-state index in [2.05, 4.69) is 18.7 Å². The van der Waals surface area contributed by atoms with Gasteiger partial charge in [-0.05, 0) is 63.1 Å². The number of para-hydroxylation sites is 2. The number of hydrogen-bond acceptors (Lipinski definition) is 3. The molecule has 128 valence electrons. The van der Waals surface area contributed by atoms with E-state index in [0.29, 0.717) is 11.4 Å². The lowest BCUT2D eigenvalue weighted by atomic mass is 10.1. The minimum Gasteiger partial charge on any atom is -0.366 e. The second kappa shape index (κ2) is 6.13. The molecule has 5 heteroatoms. The number of benzene rings is 2. The summed E-state index contributed by atoms with van der Waals surface area (Å²) in [4.78, 5) is 2.61. The molecular formula is C19H24N2O2S. The van der Waals surface area contributed by atoms with Crippen LogP contribution in [0.1, 0.15) is 25.0 Å². The second-order valence-electron chi connectivity index (χ2n) is 6.41. The summed E-state index contributed by atoms with van der Waals surface area (Å²) in [6.07, 6.45) is 0. The van der Waals surface area contributed by atoms with Gasteiger partial charge in [0.15, 0.2) is 0 Å². The highest BCUT2D eigenvalue weighted by molar-refractivity contribution is 7.92. The molecule has 2 aromatic carbocycles. The molecule has 0 radical (unpaired) electrons. The van der Waals surface area contributed by atoms with Crippen LogP contribution in [0, 0.1) is 13.8 Å². The molecule has 0 saturated heterocycles. The predicted octanol–water partition coefficient (Wildman–Crippen LogP) is 3.73. The van der Waals surface area contributed by atoms with Gasteiger partial charge < -0.3 is 4.90 Å². The highest BCUT2D eigenvalue weighted by Gasteiger charge is 2.34. The summed E-state index contributed by atoms with van der Waals surface area (Å²) in [7, 11) is -3.57. The average Bonchev–Trinajstić information content (AvgIpc) is 2.56. The van der Waals surface area contributed by atoms with E-state index < -0.39 is 10.0 Å². The van der Waals surface area contributed by atoms with Gasteiger partial charge in [0.05, 0.1) is 22.8 Å². The first-order chi connectivity index (χ1) is 11.4. The first-order valence-electron chi connectivity index (χ1n) is 8.32. The lowest BCUT2D eigenvalue weighted by Crippen LogP contribution is -2.49. The van der Waals surface area contributed by atoms with Gasteiger partial charge in [-0.3, -0.25) is 4.31 Å². The van der Waals surface area contributed by atoms with Gasteiger partial charge in [-0.15, -0.1) is 0 Å². The summed E-state index contributed by atoms with van der Waals surface area (Å²) in [5.74, 6) is 0. The minimum absolute atomic E-state index is 0.131. The molecule has 24 heavy (non-hydrogen) atoms. The van der Waals surface area contributed by atoms with E-state index in [1.807, 2.05) is 44.2 Å². The van der Waals surface area contributed by atoms with Crippen molar-refractivity contribution in [2.24, 2.45) is 0 Å². The first kappa shape index (κ1) is 16.8. The van der Waals surface area contributed by atoms with Crippen LogP contribution >= 0.6 is 0 Å². The Hall–Kier alpha value is -2.01. The number of fused-ring (bicyclic) bond motifs is 1. The van der Waals surface area contributed by atoms with Crippen LogP contribution < -0.4 is 9.21 Å². The second-order valence-corrected chi connectivity index (χ2v) is 8.27. The molecular weight excluding hydrogens is 320 g/mol. The zero-order valence-electron chi connectivity index (χ0n) is 14.7. The molecule has 0 aromatic heterocycles. The Morgan fingerprint density at radius 2 is 1.71 bits per heavy atom. The van der Waals surface area contributed by atoms with Crippen molar-refractivity contribution in [1.29, 1.82) is 0 Å². The molecule has 4 nitrogen and oxygen atoms in total. The third kappa shape index (κ3) is 2.67. The van der Waals surface area contributed by atoms with Crippen molar-refractivity contribution >= 4 is 21.4 Å². The van der Waals surface area contributed by atoms with E-state index in [-0.39, 0.29) is 6.04 Å². The average molecular weight is 344 g/mol. The van der Waals surface area contributed by atoms with Gasteiger partial charge >= 0.3 is 0 Å². The molecule has 0 aliphatic carbocycles. The lowest BCUT2D eigenvalue weighted by Gasteiger charge is -2.42. The van der Waals surface area contributed by atoms with Crippen molar-refractivity contribution in [1.82, 2.24) is 0 Å². The van der Waals surface area contributed by atoms with Crippen molar-refractivity contribution in [2.75, 3.05) is 22.3 Å². The molecule has 0 bridgehead atoms. The Labute approximate surface area is 144 Å². The van der Waals surface area contributed by atoms with Crippen LogP contribution in [0.2, 0.25) is 0 Å². The fraction of sp³-hybridized carbons (Fsp3) is 0.368. The topological polar surface area (TPSA) is 40.6 Å². The Morgan fingerprint density at radius 1 is 1.04 bits per heavy atom. The summed E-state index contributed by atoms with van der Waals surface area (Å²) < 4.78 is 28.1. The van der Waals surface area contributed by atoms with Crippen molar-refractivity contribution in [3.05, 3.63) is 53.6 Å². The number of sulfonamides is 1. The Bertz CT molecular complexity index is 861. The zero-order valence-corrected chi connectivity index (χ0v) is 15.5. The van der Waals surface area contributed by atoms with Crippen LogP contribution in [-0.4, -0.2) is 27.5 Å². The maximum atomic E-state index is 13.3. The largest absolute Gasteiger partial charge is 0.366 e. The maximum absolute atomic E-state index is 13.3. The molecule has 1 unspecified atom stereocenters. The van der Waals surface area contributed by atoms with E-state index >= 15 is 0 Å². The monoisotopic (exact) mass is 344 g/mol. The first-order valence-corrected chi connectivity index (χ1v) is 9.76. The SMILES string of the molecule is CCN1c2ccccc2N(S(=O)(=O)c2ccc(C)c(C)c2)CC1C. The molecule has 1 heterocycles. The molecule has 2 aromatic rings. The van der Waals surface area contributed by atoms with Gasteiger partial charge in [0.2, 0.25) is 0 Å². The Balaban J connectivity index is 2.12. The summed E-state index contributed by atoms with van der Waals surface area (Å²) in [6.45, 7) is 9.42. The molecule has 1 atom stereocenters. The third-order valence-electron chi connectivity index (χ3n) is 4.83. The van der Waals surface area contributed by atoms with Crippen LogP contribution in [-0.2, 0) is 10.0 Å². The van der Waals surface area contributed by atoms with Crippen LogP contribution in [0.25, 0.3) is 0 Å². The van der Waals surface area contributed by atoms with E-state index in [4.69, 9.17) is 0 Å². The van der Waals surface area contributed by atoms with Crippen molar-refractivity contribution in [3.8, 4) is 0 Å². The van der Waals surface area contributed by atoms with Crippen LogP contribution in [0.5, 0.6) is 0 Å². The number of hydrogen-bond donors (Lipinski definition) is 0. The molecule has 0 spiro atoms. The molecule has 0 saturated carbocycles. The predicted molar refractivity (Wildman–Crippen MR) is 99.4 cm³/mol. The van der Waals surface area contributed by atoms with E-state index in [0.717, 1.165) is 29.0 Å². The van der Waals surface area contributed by atoms with Crippen LogP contribution in [0.3, 0.4) is 0 Å². The van der Waals surface area contributed by atoms with Gasteiger partial charge in [-0.25, -0.2) is 8.42 Å². The summed E-state index contributed by atoms with van der Waals surface area (Å²) in [5, 5.41) is 0. The van der Waals surface area contributed by atoms with Crippen LogP contribution in [0.4, 0.5) is 11.4 Å². The molecule has 0 fully saturated rings. The van der Waals surface area contributed by atoms with Gasteiger partial charge in [0, 0.05) is 12.6 Å². The summed E-state index contributed by atoms with van der Waals surface area (Å²) in [6, 6.07) is 13.2. The lowest BCUT2D eigenvalue weighted by molar-refractivity contribution is 0.574. The van der Waals surface area contributed by atoms with E-state index in [1.165, 1.54) is 0 Å². The summed E-state index contributed by atoms with van der Waals surface area (Å²) >= 11 is 0. The van der Waals surface area contributed by atoms with Gasteiger partial charge in [0.1, 0.15) is 0 Å². The van der Waals surface area contributed by atoms with E-state index in [1.54, 1.807) is 16.4 Å². The number of rotatable bonds is 3. The highest BCUT2D eigenvalue weighted by Crippen LogP contribution is 2.38. The quantitative estimate of drug-likeness (QED) is 0.852. The third-order valence-corrected chi connectivity index (χ3v) is 6.60. The summed E-state index contributed by atoms with van der Waals surface area (Å²) in [5.41, 5.74) is 3.82. The highest BCUT2D eigenvalue weighted by atomic mass is 32.2. The minimum atomic E-state index is -3.57. The number of aryl methyl sites for hydroxylation is 2. The van der Waals surface area contributed by atoms with Crippen molar-refractivity contribution in [2.45, 2.75) is 38.6 Å². The smallest absolute Gasteiger partial charge is 0.264 e. The normalized spacial score (nSPS) is 17.8. The maximum Gasteiger partial charge on any atom is 0.264 e. The van der Waals surface area contributed by atoms with Gasteiger partial charge in [-0.1, -0.05) is 18.2 Å². The zero-order chi connectivity index (χ0) is 17.5. The Kier molecular flexibility index (Phi) is 4.30. The number of likely N-dealkylation sites (N-methyl/N-ethyl adjacent to an activating group) is 1. The Morgan fingerprint density at radius 3 is 2.33 bits per heavy atom. The van der Waals surface area contributed by atoms with Crippen LogP contribution in [0.15, 0.2) is 47.4 Å². The van der Waals surface area contributed by atoms with E-state index in [9.17, 15) is 8.42 Å².